The standard InChI is InChI=1S/C24H25N3O2/c1-28-21-9-5-6-18(12-21)14-27-11-10-24(16-27)17-29-15-20-13-25-23(26-22(20)24)19-7-3-2-4-8-19/h2-9,12-13H,10-11,14-17H2,1H3/t24-/m1/s1. The van der Waals surface area contributed by atoms with Crippen LogP contribution in [0.4, 0.5) is 0 Å². The first-order chi connectivity index (χ1) is 14.3. The van der Waals surface area contributed by atoms with Crippen LogP contribution in [0.1, 0.15) is 23.2 Å². The summed E-state index contributed by atoms with van der Waals surface area (Å²) in [6.07, 6.45) is 3.01. The van der Waals surface area contributed by atoms with Crippen molar-refractivity contribution in [1.82, 2.24) is 14.9 Å². The highest BCUT2D eigenvalue weighted by molar-refractivity contribution is 5.55. The number of benzene rings is 2. The van der Waals surface area contributed by atoms with Crippen molar-refractivity contribution in [2.75, 3.05) is 26.8 Å². The predicted octanol–water partition coefficient (Wildman–Crippen LogP) is 3.83. The zero-order chi connectivity index (χ0) is 19.7. The van der Waals surface area contributed by atoms with Gasteiger partial charge in [0.25, 0.3) is 0 Å². The molecule has 3 aromatic rings. The lowest BCUT2D eigenvalue weighted by atomic mass is 9.80. The van der Waals surface area contributed by atoms with Crippen molar-refractivity contribution in [2.45, 2.75) is 25.0 Å². The van der Waals surface area contributed by atoms with Crippen LogP contribution in [0.15, 0.2) is 60.8 Å². The van der Waals surface area contributed by atoms with E-state index in [4.69, 9.17) is 14.5 Å². The average Bonchev–Trinajstić information content (AvgIpc) is 3.17. The van der Waals surface area contributed by atoms with Gasteiger partial charge in [-0.2, -0.15) is 0 Å². The lowest BCUT2D eigenvalue weighted by Crippen LogP contribution is -2.40. The monoisotopic (exact) mass is 387 g/mol. The van der Waals surface area contributed by atoms with E-state index < -0.39 is 0 Å². The van der Waals surface area contributed by atoms with Crippen molar-refractivity contribution in [2.24, 2.45) is 0 Å². The second-order valence-electron chi connectivity index (χ2n) is 8.02. The Morgan fingerprint density at radius 2 is 2.03 bits per heavy atom. The fourth-order valence-corrected chi connectivity index (χ4v) is 4.56. The first-order valence-electron chi connectivity index (χ1n) is 10.1. The highest BCUT2D eigenvalue weighted by Gasteiger charge is 2.44. The summed E-state index contributed by atoms with van der Waals surface area (Å²) >= 11 is 0. The summed E-state index contributed by atoms with van der Waals surface area (Å²) < 4.78 is 11.4. The van der Waals surface area contributed by atoms with E-state index in [2.05, 4.69) is 40.2 Å². The summed E-state index contributed by atoms with van der Waals surface area (Å²) in [4.78, 5) is 12.2. The van der Waals surface area contributed by atoms with Crippen molar-refractivity contribution < 1.29 is 9.47 Å². The van der Waals surface area contributed by atoms with Gasteiger partial charge in [0, 0.05) is 30.4 Å². The second kappa shape index (κ2) is 7.58. The van der Waals surface area contributed by atoms with Crippen LogP contribution >= 0.6 is 0 Å². The number of fused-ring (bicyclic) bond motifs is 2. The molecule has 5 heteroatoms. The Kier molecular flexibility index (Phi) is 4.78. The van der Waals surface area contributed by atoms with E-state index in [1.807, 2.05) is 30.5 Å². The van der Waals surface area contributed by atoms with Crippen LogP contribution in [0.3, 0.4) is 0 Å². The number of ether oxygens (including phenoxy) is 2. The summed E-state index contributed by atoms with van der Waals surface area (Å²) in [6, 6.07) is 18.5. The molecule has 1 atom stereocenters. The number of hydrogen-bond donors (Lipinski definition) is 0. The van der Waals surface area contributed by atoms with Gasteiger partial charge in [-0.1, -0.05) is 42.5 Å². The Morgan fingerprint density at radius 3 is 2.90 bits per heavy atom. The molecule has 1 spiro atoms. The Morgan fingerprint density at radius 1 is 1.14 bits per heavy atom. The van der Waals surface area contributed by atoms with Crippen LogP contribution < -0.4 is 4.74 Å². The van der Waals surface area contributed by atoms with E-state index in [0.29, 0.717) is 6.61 Å². The van der Waals surface area contributed by atoms with Gasteiger partial charge in [0.05, 0.1) is 31.4 Å². The summed E-state index contributed by atoms with van der Waals surface area (Å²) in [7, 11) is 1.71. The zero-order valence-corrected chi connectivity index (χ0v) is 16.7. The molecule has 148 valence electrons. The normalized spacial score (nSPS) is 21.3. The van der Waals surface area contributed by atoms with Gasteiger partial charge in [0.1, 0.15) is 5.75 Å². The lowest BCUT2D eigenvalue weighted by molar-refractivity contribution is 0.0503. The van der Waals surface area contributed by atoms with Gasteiger partial charge in [0.2, 0.25) is 0 Å². The second-order valence-corrected chi connectivity index (χ2v) is 8.02. The van der Waals surface area contributed by atoms with Gasteiger partial charge < -0.3 is 9.47 Å². The van der Waals surface area contributed by atoms with Crippen molar-refractivity contribution >= 4 is 0 Å². The van der Waals surface area contributed by atoms with E-state index in [1.165, 1.54) is 11.3 Å². The van der Waals surface area contributed by atoms with Crippen LogP contribution in [0, 0.1) is 0 Å². The molecule has 1 aromatic heterocycles. The number of nitrogens with zero attached hydrogens (tertiary/aromatic N) is 3. The molecule has 5 nitrogen and oxygen atoms in total. The van der Waals surface area contributed by atoms with Crippen molar-refractivity contribution in [3.8, 4) is 17.1 Å². The zero-order valence-electron chi connectivity index (χ0n) is 16.7. The molecule has 3 heterocycles. The molecule has 0 N–H and O–H groups in total. The molecule has 0 amide bonds. The van der Waals surface area contributed by atoms with Crippen molar-refractivity contribution in [3.63, 3.8) is 0 Å². The largest absolute Gasteiger partial charge is 0.497 e. The maximum atomic E-state index is 5.99. The topological polar surface area (TPSA) is 47.5 Å². The van der Waals surface area contributed by atoms with E-state index in [-0.39, 0.29) is 5.41 Å². The molecule has 1 saturated heterocycles. The molecule has 2 aliphatic rings. The molecule has 29 heavy (non-hydrogen) atoms. The third-order valence-corrected chi connectivity index (χ3v) is 6.01. The Labute approximate surface area is 171 Å². The number of hydrogen-bond acceptors (Lipinski definition) is 5. The van der Waals surface area contributed by atoms with Gasteiger partial charge in [-0.05, 0) is 30.7 Å². The average molecular weight is 387 g/mol. The van der Waals surface area contributed by atoms with Gasteiger partial charge in [0.15, 0.2) is 5.82 Å². The first kappa shape index (κ1) is 18.3. The van der Waals surface area contributed by atoms with Gasteiger partial charge in [-0.25, -0.2) is 9.97 Å². The third kappa shape index (κ3) is 3.52. The smallest absolute Gasteiger partial charge is 0.159 e. The summed E-state index contributed by atoms with van der Waals surface area (Å²) in [5, 5.41) is 0. The molecular weight excluding hydrogens is 362 g/mol. The third-order valence-electron chi connectivity index (χ3n) is 6.01. The fraction of sp³-hybridized carbons (Fsp3) is 0.333. The van der Waals surface area contributed by atoms with Crippen LogP contribution in [-0.4, -0.2) is 41.7 Å². The lowest BCUT2D eigenvalue weighted by Gasteiger charge is -2.34. The fourth-order valence-electron chi connectivity index (χ4n) is 4.56. The Hall–Kier alpha value is -2.76. The molecule has 0 radical (unpaired) electrons. The van der Waals surface area contributed by atoms with Crippen molar-refractivity contribution in [1.29, 1.82) is 0 Å². The first-order valence-corrected chi connectivity index (χ1v) is 10.1. The van der Waals surface area contributed by atoms with Crippen LogP contribution in [-0.2, 0) is 23.3 Å². The maximum absolute atomic E-state index is 5.99. The van der Waals surface area contributed by atoms with E-state index in [0.717, 1.165) is 55.4 Å². The Bertz CT molecular complexity index is 1010. The van der Waals surface area contributed by atoms with E-state index in [9.17, 15) is 0 Å². The molecule has 2 aliphatic heterocycles. The minimum atomic E-state index is -0.0566. The van der Waals surface area contributed by atoms with E-state index in [1.54, 1.807) is 7.11 Å². The van der Waals surface area contributed by atoms with Crippen LogP contribution in [0.2, 0.25) is 0 Å². The highest BCUT2D eigenvalue weighted by atomic mass is 16.5. The molecule has 1 fully saturated rings. The molecule has 2 aromatic carbocycles. The summed E-state index contributed by atoms with van der Waals surface area (Å²) in [5.74, 6) is 1.71. The molecular formula is C24H25N3O2. The molecule has 0 aliphatic carbocycles. The SMILES string of the molecule is COc1cccc(CN2CC[C@]3(COCc4cnc(-c5ccccc5)nc43)C2)c1. The minimum absolute atomic E-state index is 0.0566. The number of rotatable bonds is 4. The van der Waals surface area contributed by atoms with Gasteiger partial charge in [-0.3, -0.25) is 4.90 Å². The summed E-state index contributed by atoms with van der Waals surface area (Å²) in [5.41, 5.74) is 4.57. The highest BCUT2D eigenvalue weighted by Crippen LogP contribution is 2.40. The number of methoxy groups -OCH3 is 1. The van der Waals surface area contributed by atoms with Crippen LogP contribution in [0.5, 0.6) is 5.75 Å². The molecule has 5 rings (SSSR count). The van der Waals surface area contributed by atoms with Crippen molar-refractivity contribution in [3.05, 3.63) is 77.6 Å². The molecule has 0 bridgehead atoms. The number of aromatic nitrogens is 2. The quantitative estimate of drug-likeness (QED) is 0.681. The predicted molar refractivity (Wildman–Crippen MR) is 112 cm³/mol. The molecule has 0 unspecified atom stereocenters. The summed E-state index contributed by atoms with van der Waals surface area (Å²) in [6.45, 7) is 4.21. The van der Waals surface area contributed by atoms with Crippen LogP contribution in [0.25, 0.3) is 11.4 Å². The minimum Gasteiger partial charge on any atom is -0.497 e. The Balaban J connectivity index is 1.42. The van der Waals surface area contributed by atoms with E-state index >= 15 is 0 Å². The van der Waals surface area contributed by atoms with Gasteiger partial charge >= 0.3 is 0 Å². The number of likely N-dealkylation sites (tertiary alicyclic amines) is 1. The van der Waals surface area contributed by atoms with Gasteiger partial charge in [-0.15, -0.1) is 0 Å². The molecule has 0 saturated carbocycles. The maximum Gasteiger partial charge on any atom is 0.159 e.